The third kappa shape index (κ3) is 4.45. The molecule has 3 N–H and O–H groups in total. The van der Waals surface area contributed by atoms with Crippen molar-refractivity contribution in [3.8, 4) is 0 Å². The number of hydrogen-bond acceptors (Lipinski definition) is 5. The smallest absolute Gasteiger partial charge is 0.312 e. The molecule has 0 atom stereocenters. The summed E-state index contributed by atoms with van der Waals surface area (Å²) in [6, 6.07) is 0. The van der Waals surface area contributed by atoms with Crippen molar-refractivity contribution in [1.29, 1.82) is 0 Å². The molecule has 0 saturated carbocycles. The van der Waals surface area contributed by atoms with Crippen molar-refractivity contribution in [3.63, 3.8) is 0 Å². The molecule has 1 rings (SSSR count). The van der Waals surface area contributed by atoms with Crippen LogP contribution in [0.3, 0.4) is 0 Å². The average molecular weight is 305 g/mol. The largest absolute Gasteiger partial charge is 0.350 e. The topological polar surface area (TPSA) is 116 Å². The molecule has 0 aliphatic rings. The first-order valence-electron chi connectivity index (χ1n) is 6.21. The van der Waals surface area contributed by atoms with Crippen LogP contribution in [0.4, 0.5) is 14.5 Å². The fourth-order valence-corrected chi connectivity index (χ4v) is 1.77. The second kappa shape index (κ2) is 6.57. The third-order valence-electron chi connectivity index (χ3n) is 2.92. The monoisotopic (exact) mass is 305 g/mol. The lowest BCUT2D eigenvalue weighted by atomic mass is 10.3. The van der Waals surface area contributed by atoms with E-state index in [4.69, 9.17) is 5.73 Å². The highest BCUT2D eigenvalue weighted by atomic mass is 19.3. The molecule has 10 heteroatoms. The maximum absolute atomic E-state index is 12.9. The van der Waals surface area contributed by atoms with Gasteiger partial charge in [0.1, 0.15) is 11.4 Å². The first-order chi connectivity index (χ1) is 9.68. The van der Waals surface area contributed by atoms with Crippen molar-refractivity contribution in [2.75, 3.05) is 13.1 Å². The number of hydrogen-bond donors (Lipinski definition) is 2. The molecule has 1 heterocycles. The standard InChI is InChI=1S/C11H17F2N5O3/c1-7-10(18(20)21)8(2)17(16-7)4-3-9(19)15-6-11(12,13)5-14/h3-6,14H2,1-2H3,(H,15,19). The minimum absolute atomic E-state index is 0.0700. The van der Waals surface area contributed by atoms with Gasteiger partial charge >= 0.3 is 5.69 Å². The molecule has 0 spiro atoms. The second-order valence-corrected chi connectivity index (χ2v) is 4.59. The summed E-state index contributed by atoms with van der Waals surface area (Å²) < 4.78 is 27.0. The van der Waals surface area contributed by atoms with E-state index < -0.39 is 29.8 Å². The summed E-state index contributed by atoms with van der Waals surface area (Å²) in [5.74, 6) is -3.74. The Balaban J connectivity index is 2.58. The van der Waals surface area contributed by atoms with Crippen LogP contribution < -0.4 is 11.1 Å². The summed E-state index contributed by atoms with van der Waals surface area (Å²) in [5.41, 5.74) is 5.30. The lowest BCUT2D eigenvalue weighted by Gasteiger charge is -2.14. The summed E-state index contributed by atoms with van der Waals surface area (Å²) >= 11 is 0. The van der Waals surface area contributed by atoms with E-state index in [2.05, 4.69) is 10.4 Å². The van der Waals surface area contributed by atoms with E-state index >= 15 is 0 Å². The maximum Gasteiger partial charge on any atom is 0.312 e. The number of amides is 1. The Hall–Kier alpha value is -2.10. The number of halogens is 2. The maximum atomic E-state index is 12.9. The van der Waals surface area contributed by atoms with Crippen LogP contribution in [0.1, 0.15) is 17.8 Å². The molecule has 1 aromatic rings. The molecule has 0 unspecified atom stereocenters. The summed E-state index contributed by atoms with van der Waals surface area (Å²) in [4.78, 5) is 21.7. The molecular formula is C11H17F2N5O3. The summed E-state index contributed by atoms with van der Waals surface area (Å²) in [7, 11) is 0. The fraction of sp³-hybridized carbons (Fsp3) is 0.636. The van der Waals surface area contributed by atoms with Gasteiger partial charge in [-0.2, -0.15) is 5.10 Å². The van der Waals surface area contributed by atoms with Gasteiger partial charge < -0.3 is 11.1 Å². The Morgan fingerprint density at radius 2 is 2.14 bits per heavy atom. The van der Waals surface area contributed by atoms with E-state index in [0.717, 1.165) is 0 Å². The first kappa shape index (κ1) is 17.0. The average Bonchev–Trinajstić information content (AvgIpc) is 2.69. The molecule has 0 aliphatic heterocycles. The Labute approximate surface area is 119 Å². The normalized spacial score (nSPS) is 11.5. The summed E-state index contributed by atoms with van der Waals surface area (Å²) in [6.07, 6.45) is -0.111. The molecule has 0 bridgehead atoms. The van der Waals surface area contributed by atoms with E-state index in [-0.39, 0.29) is 24.3 Å². The number of carbonyl (C=O) groups is 1. The molecule has 0 saturated heterocycles. The van der Waals surface area contributed by atoms with Gasteiger partial charge in [0.2, 0.25) is 5.91 Å². The zero-order chi connectivity index (χ0) is 16.2. The molecule has 21 heavy (non-hydrogen) atoms. The number of aromatic nitrogens is 2. The van der Waals surface area contributed by atoms with Crippen molar-refractivity contribution >= 4 is 11.6 Å². The van der Waals surface area contributed by atoms with Crippen molar-refractivity contribution in [1.82, 2.24) is 15.1 Å². The highest BCUT2D eigenvalue weighted by Gasteiger charge is 2.27. The van der Waals surface area contributed by atoms with Crippen LogP contribution in [-0.4, -0.2) is 39.6 Å². The van der Waals surface area contributed by atoms with Crippen LogP contribution in [0.5, 0.6) is 0 Å². The summed E-state index contributed by atoms with van der Waals surface area (Å²) in [5, 5.41) is 16.8. The molecule has 1 amide bonds. The Morgan fingerprint density at radius 1 is 1.52 bits per heavy atom. The van der Waals surface area contributed by atoms with Crippen LogP contribution in [0.15, 0.2) is 0 Å². The van der Waals surface area contributed by atoms with Gasteiger partial charge in [0.05, 0.1) is 24.6 Å². The first-order valence-corrected chi connectivity index (χ1v) is 6.21. The highest BCUT2D eigenvalue weighted by Crippen LogP contribution is 2.21. The van der Waals surface area contributed by atoms with Crippen molar-refractivity contribution < 1.29 is 18.5 Å². The molecule has 0 fully saturated rings. The number of nitrogens with one attached hydrogen (secondary N) is 1. The van der Waals surface area contributed by atoms with Crippen LogP contribution in [0, 0.1) is 24.0 Å². The van der Waals surface area contributed by atoms with E-state index in [1.165, 1.54) is 18.5 Å². The zero-order valence-corrected chi connectivity index (χ0v) is 11.7. The third-order valence-corrected chi connectivity index (χ3v) is 2.92. The quantitative estimate of drug-likeness (QED) is 0.562. The predicted molar refractivity (Wildman–Crippen MR) is 70.0 cm³/mol. The minimum atomic E-state index is -3.15. The molecule has 1 aromatic heterocycles. The second-order valence-electron chi connectivity index (χ2n) is 4.59. The van der Waals surface area contributed by atoms with Gasteiger partial charge in [-0.3, -0.25) is 19.6 Å². The number of nitrogens with zero attached hydrogens (tertiary/aromatic N) is 3. The predicted octanol–water partition coefficient (Wildman–Crippen LogP) is 0.508. The van der Waals surface area contributed by atoms with Crippen molar-refractivity contribution in [3.05, 3.63) is 21.5 Å². The molecule has 0 aliphatic carbocycles. The Morgan fingerprint density at radius 3 is 2.62 bits per heavy atom. The molecule has 118 valence electrons. The van der Waals surface area contributed by atoms with Gasteiger partial charge in [-0.15, -0.1) is 0 Å². The molecule has 0 aromatic carbocycles. The number of nitro groups is 1. The van der Waals surface area contributed by atoms with E-state index in [1.807, 2.05) is 0 Å². The SMILES string of the molecule is Cc1nn(CCC(=O)NCC(F)(F)CN)c(C)c1[N+](=O)[O-]. The van der Waals surface area contributed by atoms with Crippen LogP contribution in [0.2, 0.25) is 0 Å². The van der Waals surface area contributed by atoms with Crippen molar-refractivity contribution in [2.24, 2.45) is 5.73 Å². The number of carbonyl (C=O) groups excluding carboxylic acids is 1. The van der Waals surface area contributed by atoms with Crippen molar-refractivity contribution in [2.45, 2.75) is 32.7 Å². The van der Waals surface area contributed by atoms with Crippen LogP contribution >= 0.6 is 0 Å². The number of rotatable bonds is 7. The molecule has 0 radical (unpaired) electrons. The van der Waals surface area contributed by atoms with Gasteiger partial charge in [0.15, 0.2) is 0 Å². The number of aryl methyl sites for hydroxylation is 2. The molecular weight excluding hydrogens is 288 g/mol. The van der Waals surface area contributed by atoms with E-state index in [9.17, 15) is 23.7 Å². The minimum Gasteiger partial charge on any atom is -0.350 e. The van der Waals surface area contributed by atoms with Crippen LogP contribution in [-0.2, 0) is 11.3 Å². The van der Waals surface area contributed by atoms with E-state index in [1.54, 1.807) is 0 Å². The van der Waals surface area contributed by atoms with E-state index in [0.29, 0.717) is 5.69 Å². The highest BCUT2D eigenvalue weighted by molar-refractivity contribution is 5.75. The van der Waals surface area contributed by atoms with Gasteiger partial charge in [0.25, 0.3) is 5.92 Å². The lowest BCUT2D eigenvalue weighted by Crippen LogP contribution is -2.41. The van der Waals surface area contributed by atoms with Gasteiger partial charge in [-0.25, -0.2) is 8.78 Å². The number of nitrogens with two attached hydrogens (primary N) is 1. The molecule has 8 nitrogen and oxygen atoms in total. The zero-order valence-electron chi connectivity index (χ0n) is 11.7. The van der Waals surface area contributed by atoms with Gasteiger partial charge in [-0.05, 0) is 13.8 Å². The fourth-order valence-electron chi connectivity index (χ4n) is 1.77. The van der Waals surface area contributed by atoms with Crippen LogP contribution in [0.25, 0.3) is 0 Å². The summed E-state index contributed by atoms with van der Waals surface area (Å²) in [6.45, 7) is 1.39. The van der Waals surface area contributed by atoms with Gasteiger partial charge in [-0.1, -0.05) is 0 Å². The Bertz CT molecular complexity index is 544. The number of alkyl halides is 2. The Kier molecular flexibility index (Phi) is 5.30. The lowest BCUT2D eigenvalue weighted by molar-refractivity contribution is -0.386. The van der Waals surface area contributed by atoms with Gasteiger partial charge in [0, 0.05) is 6.42 Å².